The summed E-state index contributed by atoms with van der Waals surface area (Å²) in [6.45, 7) is 2.56. The van der Waals surface area contributed by atoms with Crippen molar-refractivity contribution in [2.24, 2.45) is 0 Å². The SMILES string of the molecule is O=C(O)N1CCC(c2ncnc3cc(N4CCC(F)CC4)ccc23)CC1. The quantitative estimate of drug-likeness (QED) is 0.891. The smallest absolute Gasteiger partial charge is 0.407 e. The number of fused-ring (bicyclic) bond motifs is 1. The number of aromatic nitrogens is 2. The van der Waals surface area contributed by atoms with Gasteiger partial charge in [0.05, 0.1) is 11.2 Å². The average Bonchev–Trinajstić information content (AvgIpc) is 2.68. The van der Waals surface area contributed by atoms with Gasteiger partial charge in [-0.3, -0.25) is 0 Å². The first-order valence-corrected chi connectivity index (χ1v) is 9.23. The van der Waals surface area contributed by atoms with E-state index in [9.17, 15) is 9.18 Å². The minimum Gasteiger partial charge on any atom is -0.465 e. The molecule has 1 aromatic carbocycles. The third-order valence-electron chi connectivity index (χ3n) is 5.59. The zero-order chi connectivity index (χ0) is 18.1. The summed E-state index contributed by atoms with van der Waals surface area (Å²) in [5.41, 5.74) is 2.99. The summed E-state index contributed by atoms with van der Waals surface area (Å²) in [7, 11) is 0. The Morgan fingerprint density at radius 1 is 1.08 bits per heavy atom. The minimum atomic E-state index is -0.849. The zero-order valence-corrected chi connectivity index (χ0v) is 14.6. The van der Waals surface area contributed by atoms with Gasteiger partial charge in [0.1, 0.15) is 12.5 Å². The molecular formula is C19H23FN4O2. The summed E-state index contributed by atoms with van der Waals surface area (Å²) in [5, 5.41) is 10.1. The van der Waals surface area contributed by atoms with Crippen LogP contribution in [0.2, 0.25) is 0 Å². The van der Waals surface area contributed by atoms with E-state index in [1.165, 1.54) is 4.90 Å². The molecule has 4 rings (SSSR count). The van der Waals surface area contributed by atoms with Crippen molar-refractivity contribution in [2.75, 3.05) is 31.1 Å². The lowest BCUT2D eigenvalue weighted by atomic mass is 9.91. The predicted molar refractivity (Wildman–Crippen MR) is 97.5 cm³/mol. The molecule has 0 unspecified atom stereocenters. The number of carbonyl (C=O) groups is 1. The molecule has 0 saturated carbocycles. The Morgan fingerprint density at radius 2 is 1.81 bits per heavy atom. The van der Waals surface area contributed by atoms with Crippen LogP contribution in [0.1, 0.15) is 37.3 Å². The second kappa shape index (κ2) is 7.05. The van der Waals surface area contributed by atoms with Crippen molar-refractivity contribution in [3.8, 4) is 0 Å². The van der Waals surface area contributed by atoms with Gasteiger partial charge < -0.3 is 14.9 Å². The van der Waals surface area contributed by atoms with Crippen LogP contribution in [0.5, 0.6) is 0 Å². The van der Waals surface area contributed by atoms with Crippen LogP contribution in [0.3, 0.4) is 0 Å². The normalized spacial score (nSPS) is 19.9. The van der Waals surface area contributed by atoms with Gasteiger partial charge >= 0.3 is 6.09 Å². The van der Waals surface area contributed by atoms with Crippen LogP contribution < -0.4 is 4.90 Å². The Bertz CT molecular complexity index is 799. The van der Waals surface area contributed by atoms with Crippen LogP contribution in [0, 0.1) is 0 Å². The molecule has 0 spiro atoms. The number of carboxylic acid groups (broad SMARTS) is 1. The Labute approximate surface area is 151 Å². The van der Waals surface area contributed by atoms with Crippen LogP contribution in [0.25, 0.3) is 10.9 Å². The molecule has 2 aliphatic heterocycles. The maximum atomic E-state index is 13.4. The molecule has 3 heterocycles. The molecule has 2 saturated heterocycles. The minimum absolute atomic E-state index is 0.254. The second-order valence-corrected chi connectivity index (χ2v) is 7.17. The highest BCUT2D eigenvalue weighted by molar-refractivity contribution is 5.84. The topological polar surface area (TPSA) is 69.6 Å². The molecule has 1 N–H and O–H groups in total. The van der Waals surface area contributed by atoms with E-state index in [0.717, 1.165) is 48.2 Å². The maximum Gasteiger partial charge on any atom is 0.407 e. The molecule has 138 valence electrons. The molecule has 0 atom stereocenters. The second-order valence-electron chi connectivity index (χ2n) is 7.17. The van der Waals surface area contributed by atoms with Gasteiger partial charge in [0.25, 0.3) is 0 Å². The number of halogens is 1. The number of rotatable bonds is 2. The average molecular weight is 358 g/mol. The highest BCUT2D eigenvalue weighted by atomic mass is 19.1. The molecule has 0 bridgehead atoms. The van der Waals surface area contributed by atoms with E-state index < -0.39 is 12.3 Å². The fraction of sp³-hybridized carbons (Fsp3) is 0.526. The van der Waals surface area contributed by atoms with Gasteiger partial charge in [-0.15, -0.1) is 0 Å². The molecule has 0 aliphatic carbocycles. The number of anilines is 1. The van der Waals surface area contributed by atoms with E-state index in [-0.39, 0.29) is 5.92 Å². The summed E-state index contributed by atoms with van der Waals surface area (Å²) in [4.78, 5) is 23.7. The fourth-order valence-electron chi connectivity index (χ4n) is 4.04. The molecular weight excluding hydrogens is 335 g/mol. The van der Waals surface area contributed by atoms with Crippen LogP contribution in [-0.4, -0.2) is 58.4 Å². The third kappa shape index (κ3) is 3.30. The summed E-state index contributed by atoms with van der Waals surface area (Å²) >= 11 is 0. The summed E-state index contributed by atoms with van der Waals surface area (Å²) < 4.78 is 13.4. The van der Waals surface area contributed by atoms with Crippen molar-refractivity contribution in [1.82, 2.24) is 14.9 Å². The van der Waals surface area contributed by atoms with E-state index >= 15 is 0 Å². The van der Waals surface area contributed by atoms with Crippen molar-refractivity contribution in [1.29, 1.82) is 0 Å². The number of alkyl halides is 1. The summed E-state index contributed by atoms with van der Waals surface area (Å²) in [5.74, 6) is 0.254. The van der Waals surface area contributed by atoms with Crippen LogP contribution >= 0.6 is 0 Å². The van der Waals surface area contributed by atoms with Gasteiger partial charge in [-0.2, -0.15) is 0 Å². The third-order valence-corrected chi connectivity index (χ3v) is 5.59. The molecule has 7 heteroatoms. The van der Waals surface area contributed by atoms with Gasteiger partial charge in [0.15, 0.2) is 0 Å². The number of amides is 1. The fourth-order valence-corrected chi connectivity index (χ4v) is 4.04. The van der Waals surface area contributed by atoms with Gasteiger partial charge in [-0.25, -0.2) is 19.2 Å². The standard InChI is InChI=1S/C19H23FN4O2/c20-14-5-9-23(10-6-14)15-1-2-16-17(11-15)21-12-22-18(16)13-3-7-24(8-4-13)19(25)26/h1-2,11-14H,3-10H2,(H,25,26). The first kappa shape index (κ1) is 17.0. The molecule has 2 aliphatic rings. The number of nitrogens with zero attached hydrogens (tertiary/aromatic N) is 4. The Balaban J connectivity index is 1.57. The van der Waals surface area contributed by atoms with E-state index in [1.807, 2.05) is 0 Å². The van der Waals surface area contributed by atoms with Crippen molar-refractivity contribution in [3.05, 3.63) is 30.2 Å². The predicted octanol–water partition coefficient (Wildman–Crippen LogP) is 3.43. The van der Waals surface area contributed by atoms with Gasteiger partial charge in [-0.05, 0) is 43.9 Å². The molecule has 1 aromatic heterocycles. The number of hydrogen-bond acceptors (Lipinski definition) is 4. The van der Waals surface area contributed by atoms with Crippen LogP contribution in [0.15, 0.2) is 24.5 Å². The van der Waals surface area contributed by atoms with Gasteiger partial charge in [0, 0.05) is 43.2 Å². The summed E-state index contributed by atoms with van der Waals surface area (Å²) in [6, 6.07) is 6.19. The summed E-state index contributed by atoms with van der Waals surface area (Å²) in [6.07, 6.45) is 2.78. The van der Waals surface area contributed by atoms with Crippen LogP contribution in [-0.2, 0) is 0 Å². The lowest BCUT2D eigenvalue weighted by Gasteiger charge is -2.31. The lowest BCUT2D eigenvalue weighted by Crippen LogP contribution is -2.37. The van der Waals surface area contributed by atoms with Gasteiger partial charge in [0.2, 0.25) is 0 Å². The Kier molecular flexibility index (Phi) is 4.61. The highest BCUT2D eigenvalue weighted by Crippen LogP contribution is 2.33. The van der Waals surface area contributed by atoms with E-state index in [0.29, 0.717) is 25.9 Å². The highest BCUT2D eigenvalue weighted by Gasteiger charge is 2.26. The Morgan fingerprint density at radius 3 is 2.50 bits per heavy atom. The lowest BCUT2D eigenvalue weighted by molar-refractivity contribution is 0.132. The van der Waals surface area contributed by atoms with Gasteiger partial charge in [-0.1, -0.05) is 0 Å². The molecule has 26 heavy (non-hydrogen) atoms. The van der Waals surface area contributed by atoms with Crippen molar-refractivity contribution in [3.63, 3.8) is 0 Å². The van der Waals surface area contributed by atoms with Crippen LogP contribution in [0.4, 0.5) is 14.9 Å². The van der Waals surface area contributed by atoms with Crippen molar-refractivity contribution >= 4 is 22.7 Å². The van der Waals surface area contributed by atoms with Crippen molar-refractivity contribution in [2.45, 2.75) is 37.8 Å². The first-order chi connectivity index (χ1) is 12.6. The molecule has 0 radical (unpaired) electrons. The maximum absolute atomic E-state index is 13.4. The number of hydrogen-bond donors (Lipinski definition) is 1. The zero-order valence-electron chi connectivity index (χ0n) is 14.6. The molecule has 1 amide bonds. The van der Waals surface area contributed by atoms with E-state index in [1.54, 1.807) is 6.33 Å². The number of piperidine rings is 2. The first-order valence-electron chi connectivity index (χ1n) is 9.23. The Hall–Kier alpha value is -2.44. The largest absolute Gasteiger partial charge is 0.465 e. The van der Waals surface area contributed by atoms with E-state index in [2.05, 4.69) is 33.1 Å². The molecule has 6 nitrogen and oxygen atoms in total. The molecule has 2 fully saturated rings. The molecule has 2 aromatic rings. The number of likely N-dealkylation sites (tertiary alicyclic amines) is 1. The van der Waals surface area contributed by atoms with E-state index in [4.69, 9.17) is 5.11 Å². The number of benzene rings is 1. The van der Waals surface area contributed by atoms with Crippen molar-refractivity contribution < 1.29 is 14.3 Å². The monoisotopic (exact) mass is 358 g/mol.